The van der Waals surface area contributed by atoms with E-state index in [-0.39, 0.29) is 18.6 Å². The minimum atomic E-state index is -0.326. The number of carbonyl (C=O) groups is 2. The van der Waals surface area contributed by atoms with Crippen molar-refractivity contribution >= 4 is 17.7 Å². The van der Waals surface area contributed by atoms with Gasteiger partial charge < -0.3 is 14.4 Å². The van der Waals surface area contributed by atoms with Crippen LogP contribution in [0.1, 0.15) is 19.8 Å². The number of nitrogens with one attached hydrogen (secondary N) is 1. The summed E-state index contributed by atoms with van der Waals surface area (Å²) in [5.74, 6) is 0.317. The molecule has 7 heteroatoms. The van der Waals surface area contributed by atoms with Gasteiger partial charge in [0.15, 0.2) is 6.61 Å². The molecule has 1 saturated heterocycles. The lowest BCUT2D eigenvalue weighted by Gasteiger charge is -2.26. The molecule has 0 aromatic heterocycles. The zero-order chi connectivity index (χ0) is 20.5. The van der Waals surface area contributed by atoms with E-state index < -0.39 is 0 Å². The second-order valence-electron chi connectivity index (χ2n) is 6.55. The summed E-state index contributed by atoms with van der Waals surface area (Å²) >= 11 is 0. The molecule has 0 unspecified atom stereocenters. The van der Waals surface area contributed by atoms with Gasteiger partial charge in [-0.15, -0.1) is 0 Å². The molecule has 3 rings (SSSR count). The van der Waals surface area contributed by atoms with Gasteiger partial charge in [-0.05, 0) is 18.6 Å². The predicted octanol–water partition coefficient (Wildman–Crippen LogP) is 3.46. The van der Waals surface area contributed by atoms with E-state index in [2.05, 4.69) is 10.5 Å². The molecule has 0 aliphatic carbocycles. The minimum Gasteiger partial charge on any atom is -0.483 e. The van der Waals surface area contributed by atoms with Crippen LogP contribution in [0.2, 0.25) is 0 Å². The second-order valence-corrected chi connectivity index (χ2v) is 6.55. The molecule has 0 bridgehead atoms. The van der Waals surface area contributed by atoms with Crippen molar-refractivity contribution in [2.45, 2.75) is 19.8 Å². The molecule has 0 saturated carbocycles. The number of piperidine rings is 1. The van der Waals surface area contributed by atoms with E-state index in [9.17, 15) is 9.59 Å². The van der Waals surface area contributed by atoms with E-state index >= 15 is 0 Å². The average Bonchev–Trinajstić information content (AvgIpc) is 2.77. The van der Waals surface area contributed by atoms with Crippen molar-refractivity contribution in [1.29, 1.82) is 0 Å². The van der Waals surface area contributed by atoms with Gasteiger partial charge in [0, 0.05) is 37.2 Å². The predicted molar refractivity (Wildman–Crippen MR) is 111 cm³/mol. The highest BCUT2D eigenvalue weighted by atomic mass is 16.6. The number of hydrogen-bond acceptors (Lipinski definition) is 5. The van der Waals surface area contributed by atoms with Gasteiger partial charge in [-0.3, -0.25) is 4.79 Å². The fourth-order valence-electron chi connectivity index (χ4n) is 3.04. The molecular weight excluding hydrogens is 370 g/mol. The van der Waals surface area contributed by atoms with Gasteiger partial charge in [0.05, 0.1) is 6.61 Å². The van der Waals surface area contributed by atoms with Gasteiger partial charge in [-0.25, -0.2) is 10.2 Å². The molecule has 7 nitrogen and oxygen atoms in total. The first-order valence-electron chi connectivity index (χ1n) is 9.70. The summed E-state index contributed by atoms with van der Waals surface area (Å²) in [4.78, 5) is 25.5. The fourth-order valence-corrected chi connectivity index (χ4v) is 3.04. The molecule has 0 atom stereocenters. The summed E-state index contributed by atoms with van der Waals surface area (Å²) in [7, 11) is 0. The van der Waals surface area contributed by atoms with Gasteiger partial charge in [0.1, 0.15) is 5.75 Å². The molecule has 1 fully saturated rings. The zero-order valence-electron chi connectivity index (χ0n) is 16.5. The first-order chi connectivity index (χ1) is 14.2. The number of hydrogen-bond donors (Lipinski definition) is 1. The molecule has 1 aliphatic heterocycles. The SMILES string of the molecule is CCOC(=O)N1CCC(=NNC(=O)COc2ccccc2-c2ccccc2)CC1. The first-order valence-corrected chi connectivity index (χ1v) is 9.70. The maximum Gasteiger partial charge on any atom is 0.409 e. The Bertz CT molecular complexity index is 857. The zero-order valence-corrected chi connectivity index (χ0v) is 16.5. The molecule has 1 N–H and O–H groups in total. The van der Waals surface area contributed by atoms with Crippen LogP contribution in [0.3, 0.4) is 0 Å². The van der Waals surface area contributed by atoms with E-state index in [1.54, 1.807) is 11.8 Å². The van der Waals surface area contributed by atoms with Crippen LogP contribution in [-0.4, -0.2) is 48.9 Å². The van der Waals surface area contributed by atoms with Crippen LogP contribution in [0.25, 0.3) is 11.1 Å². The van der Waals surface area contributed by atoms with Crippen LogP contribution < -0.4 is 10.2 Å². The van der Waals surface area contributed by atoms with Crippen molar-refractivity contribution in [2.75, 3.05) is 26.3 Å². The van der Waals surface area contributed by atoms with Crippen molar-refractivity contribution in [3.63, 3.8) is 0 Å². The van der Waals surface area contributed by atoms with Gasteiger partial charge >= 0.3 is 6.09 Å². The van der Waals surface area contributed by atoms with Gasteiger partial charge in [-0.2, -0.15) is 5.10 Å². The Morgan fingerprint density at radius 2 is 1.72 bits per heavy atom. The number of amides is 2. The van der Waals surface area contributed by atoms with Crippen LogP contribution in [0.4, 0.5) is 4.79 Å². The molecule has 1 aliphatic rings. The molecule has 2 aromatic rings. The van der Waals surface area contributed by atoms with E-state index in [4.69, 9.17) is 9.47 Å². The van der Waals surface area contributed by atoms with Gasteiger partial charge in [0.25, 0.3) is 5.91 Å². The third-order valence-electron chi connectivity index (χ3n) is 4.54. The van der Waals surface area contributed by atoms with E-state index in [0.717, 1.165) is 16.8 Å². The Labute approximate surface area is 170 Å². The Morgan fingerprint density at radius 3 is 2.45 bits per heavy atom. The highest BCUT2D eigenvalue weighted by Crippen LogP contribution is 2.29. The number of rotatable bonds is 6. The van der Waals surface area contributed by atoms with Crippen molar-refractivity contribution in [1.82, 2.24) is 10.3 Å². The maximum absolute atomic E-state index is 12.1. The summed E-state index contributed by atoms with van der Waals surface area (Å²) in [5, 5.41) is 4.17. The van der Waals surface area contributed by atoms with Crippen LogP contribution in [-0.2, 0) is 9.53 Å². The quantitative estimate of drug-likeness (QED) is 0.760. The molecule has 0 spiro atoms. The number of ether oxygens (including phenoxy) is 2. The molecule has 0 radical (unpaired) electrons. The summed E-state index contributed by atoms with van der Waals surface area (Å²) in [6, 6.07) is 17.5. The van der Waals surface area contributed by atoms with E-state index in [0.29, 0.717) is 38.3 Å². The average molecular weight is 395 g/mol. The van der Waals surface area contributed by atoms with Crippen LogP contribution in [0.5, 0.6) is 5.75 Å². The first kappa shape index (κ1) is 20.4. The van der Waals surface area contributed by atoms with Crippen molar-refractivity contribution in [2.24, 2.45) is 5.10 Å². The number of para-hydroxylation sites is 1. The Hall–Kier alpha value is -3.35. The lowest BCUT2D eigenvalue weighted by atomic mass is 10.1. The van der Waals surface area contributed by atoms with E-state index in [1.165, 1.54) is 0 Å². The molecule has 2 aromatic carbocycles. The number of carbonyl (C=O) groups excluding carboxylic acids is 2. The number of nitrogens with zero attached hydrogens (tertiary/aromatic N) is 2. The molecule has 2 amide bonds. The number of benzene rings is 2. The lowest BCUT2D eigenvalue weighted by Crippen LogP contribution is -2.39. The highest BCUT2D eigenvalue weighted by molar-refractivity contribution is 5.88. The molecule has 152 valence electrons. The normalized spacial score (nSPS) is 13.6. The maximum atomic E-state index is 12.1. The third kappa shape index (κ3) is 5.81. The second kappa shape index (κ2) is 10.3. The van der Waals surface area contributed by atoms with Crippen LogP contribution in [0.15, 0.2) is 59.7 Å². The minimum absolute atomic E-state index is 0.129. The summed E-state index contributed by atoms with van der Waals surface area (Å²) < 4.78 is 10.7. The van der Waals surface area contributed by atoms with Crippen LogP contribution >= 0.6 is 0 Å². The van der Waals surface area contributed by atoms with Gasteiger partial charge in [-0.1, -0.05) is 48.5 Å². The number of hydrazone groups is 1. The Balaban J connectivity index is 1.49. The Morgan fingerprint density at radius 1 is 1.03 bits per heavy atom. The smallest absolute Gasteiger partial charge is 0.409 e. The molecule has 29 heavy (non-hydrogen) atoms. The summed E-state index contributed by atoms with van der Waals surface area (Å²) in [6.07, 6.45) is 0.911. The highest BCUT2D eigenvalue weighted by Gasteiger charge is 2.20. The largest absolute Gasteiger partial charge is 0.483 e. The van der Waals surface area contributed by atoms with Crippen molar-refractivity contribution < 1.29 is 19.1 Å². The summed E-state index contributed by atoms with van der Waals surface area (Å²) in [5.41, 5.74) is 5.35. The topological polar surface area (TPSA) is 80.2 Å². The fraction of sp³-hybridized carbons (Fsp3) is 0.318. The molecule has 1 heterocycles. The third-order valence-corrected chi connectivity index (χ3v) is 4.54. The van der Waals surface area contributed by atoms with Crippen molar-refractivity contribution in [3.8, 4) is 16.9 Å². The lowest BCUT2D eigenvalue weighted by molar-refractivity contribution is -0.123. The standard InChI is InChI=1S/C22H25N3O4/c1-2-28-22(27)25-14-12-18(13-15-25)23-24-21(26)16-29-20-11-7-6-10-19(20)17-8-4-3-5-9-17/h3-11H,2,12-16H2,1H3,(H,24,26). The molecular formula is C22H25N3O4. The van der Waals surface area contributed by atoms with E-state index in [1.807, 2.05) is 54.6 Å². The van der Waals surface area contributed by atoms with Crippen LogP contribution in [0, 0.1) is 0 Å². The number of likely N-dealkylation sites (tertiary alicyclic amines) is 1. The monoisotopic (exact) mass is 395 g/mol. The Kier molecular flexibility index (Phi) is 7.22. The van der Waals surface area contributed by atoms with Crippen molar-refractivity contribution in [3.05, 3.63) is 54.6 Å². The summed E-state index contributed by atoms with van der Waals surface area (Å²) in [6.45, 7) is 3.09. The van der Waals surface area contributed by atoms with Gasteiger partial charge in [0.2, 0.25) is 0 Å².